The maximum atomic E-state index is 10.7. The van der Waals surface area contributed by atoms with E-state index in [-0.39, 0.29) is 5.56 Å². The van der Waals surface area contributed by atoms with Gasteiger partial charge in [0.15, 0.2) is 0 Å². The van der Waals surface area contributed by atoms with E-state index in [1.54, 1.807) is 36.7 Å². The van der Waals surface area contributed by atoms with E-state index in [1.165, 1.54) is 0 Å². The van der Waals surface area contributed by atoms with Crippen LogP contribution in [0, 0.1) is 0 Å². The molecule has 2 aromatic rings. The van der Waals surface area contributed by atoms with Crippen LogP contribution in [-0.2, 0) is 6.54 Å². The summed E-state index contributed by atoms with van der Waals surface area (Å²) in [6.45, 7) is 4.36. The molecule has 0 atom stereocenters. The number of benzene rings is 1. The Morgan fingerprint density at radius 3 is 2.71 bits per heavy atom. The first kappa shape index (κ1) is 11.1. The third-order valence-corrected chi connectivity index (χ3v) is 2.40. The number of allylic oxidation sites excluding steroid dienone is 1. The molecule has 0 aliphatic heterocycles. The molecule has 17 heavy (non-hydrogen) atoms. The van der Waals surface area contributed by atoms with Gasteiger partial charge in [-0.15, -0.1) is 6.58 Å². The average Bonchev–Trinajstić information content (AvgIpc) is 2.78. The number of rotatable bonds is 4. The number of imidazole rings is 1. The Bertz CT molecular complexity index is 541. The summed E-state index contributed by atoms with van der Waals surface area (Å²) < 4.78 is 1.91. The zero-order valence-corrected chi connectivity index (χ0v) is 9.21. The van der Waals surface area contributed by atoms with Crippen LogP contribution in [0.3, 0.4) is 0 Å². The molecular weight excluding hydrogens is 216 g/mol. The fraction of sp³-hybridized carbons (Fsp3) is 0.0769. The molecule has 4 nitrogen and oxygen atoms in total. The number of carbonyl (C=O) groups is 1. The van der Waals surface area contributed by atoms with Crippen molar-refractivity contribution in [2.75, 3.05) is 0 Å². The second-order valence-electron chi connectivity index (χ2n) is 3.63. The molecular formula is C13H12N2O2. The lowest BCUT2D eigenvalue weighted by atomic mass is 10.1. The summed E-state index contributed by atoms with van der Waals surface area (Å²) in [6.07, 6.45) is 5.42. The number of aromatic carboxylic acids is 1. The van der Waals surface area contributed by atoms with E-state index in [0.29, 0.717) is 6.54 Å². The minimum atomic E-state index is -0.922. The molecule has 4 heteroatoms. The molecule has 0 radical (unpaired) electrons. The lowest BCUT2D eigenvalue weighted by Gasteiger charge is -1.98. The summed E-state index contributed by atoms with van der Waals surface area (Å²) in [4.78, 5) is 15.0. The second-order valence-corrected chi connectivity index (χ2v) is 3.63. The SMILES string of the molecule is C=CCn1cnc(-c2ccc(C(=O)O)cc2)c1. The van der Waals surface area contributed by atoms with Crippen molar-refractivity contribution in [1.82, 2.24) is 9.55 Å². The molecule has 1 N–H and O–H groups in total. The van der Waals surface area contributed by atoms with Gasteiger partial charge in [0.1, 0.15) is 0 Å². The Hall–Kier alpha value is -2.36. The van der Waals surface area contributed by atoms with Crippen molar-refractivity contribution < 1.29 is 9.90 Å². The van der Waals surface area contributed by atoms with Crippen molar-refractivity contribution in [2.24, 2.45) is 0 Å². The van der Waals surface area contributed by atoms with Crippen LogP contribution in [0.1, 0.15) is 10.4 Å². The molecule has 0 bridgehead atoms. The van der Waals surface area contributed by atoms with Crippen LogP contribution in [0.15, 0.2) is 49.4 Å². The number of nitrogens with zero attached hydrogens (tertiary/aromatic N) is 2. The third kappa shape index (κ3) is 2.42. The number of carboxylic acid groups (broad SMARTS) is 1. The van der Waals surface area contributed by atoms with Gasteiger partial charge in [0, 0.05) is 18.3 Å². The molecule has 0 amide bonds. The largest absolute Gasteiger partial charge is 0.478 e. The van der Waals surface area contributed by atoms with E-state index in [4.69, 9.17) is 5.11 Å². The Labute approximate surface area is 98.9 Å². The molecule has 0 spiro atoms. The van der Waals surface area contributed by atoms with E-state index in [1.807, 2.05) is 10.8 Å². The lowest BCUT2D eigenvalue weighted by Crippen LogP contribution is -1.94. The predicted molar refractivity (Wildman–Crippen MR) is 64.8 cm³/mol. The van der Waals surface area contributed by atoms with Gasteiger partial charge in [-0.1, -0.05) is 18.2 Å². The molecule has 86 valence electrons. The quantitative estimate of drug-likeness (QED) is 0.818. The maximum Gasteiger partial charge on any atom is 0.335 e. The van der Waals surface area contributed by atoms with Gasteiger partial charge in [0.25, 0.3) is 0 Å². The van der Waals surface area contributed by atoms with Crippen LogP contribution in [0.4, 0.5) is 0 Å². The summed E-state index contributed by atoms with van der Waals surface area (Å²) in [6, 6.07) is 6.66. The monoisotopic (exact) mass is 228 g/mol. The van der Waals surface area contributed by atoms with Crippen LogP contribution in [0.25, 0.3) is 11.3 Å². The predicted octanol–water partition coefficient (Wildman–Crippen LogP) is 2.43. The van der Waals surface area contributed by atoms with E-state index in [0.717, 1.165) is 11.3 Å². The minimum Gasteiger partial charge on any atom is -0.478 e. The molecule has 0 aliphatic carbocycles. The standard InChI is InChI=1S/C13H12N2O2/c1-2-7-15-8-12(14-9-15)10-3-5-11(6-4-10)13(16)17/h2-6,8-9H,1,7H2,(H,16,17). The van der Waals surface area contributed by atoms with Crippen molar-refractivity contribution in [3.63, 3.8) is 0 Å². The first-order valence-electron chi connectivity index (χ1n) is 5.17. The molecule has 0 unspecified atom stereocenters. The fourth-order valence-electron chi connectivity index (χ4n) is 1.54. The van der Waals surface area contributed by atoms with E-state index in [2.05, 4.69) is 11.6 Å². The zero-order valence-electron chi connectivity index (χ0n) is 9.21. The first-order chi connectivity index (χ1) is 8.20. The Balaban J connectivity index is 2.26. The highest BCUT2D eigenvalue weighted by atomic mass is 16.4. The van der Waals surface area contributed by atoms with Crippen molar-refractivity contribution in [2.45, 2.75) is 6.54 Å². The number of aromatic nitrogens is 2. The van der Waals surface area contributed by atoms with Crippen LogP contribution >= 0.6 is 0 Å². The lowest BCUT2D eigenvalue weighted by molar-refractivity contribution is 0.0697. The third-order valence-electron chi connectivity index (χ3n) is 2.40. The van der Waals surface area contributed by atoms with Crippen LogP contribution < -0.4 is 0 Å². The molecule has 1 aromatic carbocycles. The van der Waals surface area contributed by atoms with Gasteiger partial charge in [0.2, 0.25) is 0 Å². The smallest absolute Gasteiger partial charge is 0.335 e. The molecule has 2 rings (SSSR count). The average molecular weight is 228 g/mol. The Morgan fingerprint density at radius 1 is 1.41 bits per heavy atom. The molecule has 0 saturated carbocycles. The topological polar surface area (TPSA) is 55.1 Å². The van der Waals surface area contributed by atoms with Gasteiger partial charge in [-0.25, -0.2) is 9.78 Å². The van der Waals surface area contributed by atoms with Crippen LogP contribution in [-0.4, -0.2) is 20.6 Å². The molecule has 0 fully saturated rings. The highest BCUT2D eigenvalue weighted by Crippen LogP contribution is 2.17. The number of hydrogen-bond donors (Lipinski definition) is 1. The van der Waals surface area contributed by atoms with Crippen molar-refractivity contribution >= 4 is 5.97 Å². The van der Waals surface area contributed by atoms with Crippen LogP contribution in [0.5, 0.6) is 0 Å². The van der Waals surface area contributed by atoms with Gasteiger partial charge < -0.3 is 9.67 Å². The maximum absolute atomic E-state index is 10.7. The molecule has 1 heterocycles. The van der Waals surface area contributed by atoms with Crippen molar-refractivity contribution in [3.8, 4) is 11.3 Å². The Kier molecular flexibility index (Phi) is 3.05. The van der Waals surface area contributed by atoms with Gasteiger partial charge in [-0.3, -0.25) is 0 Å². The zero-order chi connectivity index (χ0) is 12.3. The van der Waals surface area contributed by atoms with E-state index < -0.39 is 5.97 Å². The van der Waals surface area contributed by atoms with Crippen LogP contribution in [0.2, 0.25) is 0 Å². The number of hydrogen-bond acceptors (Lipinski definition) is 2. The summed E-state index contributed by atoms with van der Waals surface area (Å²) in [5, 5.41) is 8.79. The van der Waals surface area contributed by atoms with Crippen molar-refractivity contribution in [1.29, 1.82) is 0 Å². The molecule has 1 aromatic heterocycles. The van der Waals surface area contributed by atoms with Gasteiger partial charge in [-0.05, 0) is 12.1 Å². The van der Waals surface area contributed by atoms with Gasteiger partial charge >= 0.3 is 5.97 Å². The molecule has 0 saturated heterocycles. The summed E-state index contributed by atoms with van der Waals surface area (Å²) in [7, 11) is 0. The van der Waals surface area contributed by atoms with Crippen molar-refractivity contribution in [3.05, 3.63) is 55.0 Å². The highest BCUT2D eigenvalue weighted by Gasteiger charge is 2.04. The van der Waals surface area contributed by atoms with Gasteiger partial charge in [-0.2, -0.15) is 0 Å². The van der Waals surface area contributed by atoms with Gasteiger partial charge in [0.05, 0.1) is 17.6 Å². The minimum absolute atomic E-state index is 0.277. The summed E-state index contributed by atoms with van der Waals surface area (Å²) in [5.41, 5.74) is 2.00. The number of carboxylic acids is 1. The normalized spacial score (nSPS) is 10.1. The highest BCUT2D eigenvalue weighted by molar-refractivity contribution is 5.88. The van der Waals surface area contributed by atoms with E-state index >= 15 is 0 Å². The summed E-state index contributed by atoms with van der Waals surface area (Å²) in [5.74, 6) is -0.922. The Morgan fingerprint density at radius 2 is 2.12 bits per heavy atom. The first-order valence-corrected chi connectivity index (χ1v) is 5.17. The summed E-state index contributed by atoms with van der Waals surface area (Å²) >= 11 is 0. The molecule has 0 aliphatic rings. The fourth-order valence-corrected chi connectivity index (χ4v) is 1.54. The van der Waals surface area contributed by atoms with E-state index in [9.17, 15) is 4.79 Å². The second kappa shape index (κ2) is 4.65.